The third-order valence-electron chi connectivity index (χ3n) is 2.31. The highest BCUT2D eigenvalue weighted by Crippen LogP contribution is 2.13. The van der Waals surface area contributed by atoms with E-state index in [1.54, 1.807) is 0 Å². The number of hydrogen-bond donors (Lipinski definition) is 2. The van der Waals surface area contributed by atoms with Crippen molar-refractivity contribution in [2.24, 2.45) is 0 Å². The Morgan fingerprint density at radius 2 is 2.25 bits per heavy atom. The van der Waals surface area contributed by atoms with Gasteiger partial charge in [0.1, 0.15) is 0 Å². The van der Waals surface area contributed by atoms with Crippen LogP contribution in [0.2, 0.25) is 0 Å². The second-order valence-corrected chi connectivity index (χ2v) is 4.84. The highest BCUT2D eigenvalue weighted by Gasteiger charge is 2.20. The van der Waals surface area contributed by atoms with Crippen molar-refractivity contribution >= 4 is 23.6 Å². The van der Waals surface area contributed by atoms with Gasteiger partial charge in [-0.3, -0.25) is 9.59 Å². The predicted octanol–water partition coefficient (Wildman–Crippen LogP) is 0.488. The van der Waals surface area contributed by atoms with Gasteiger partial charge in [0.2, 0.25) is 5.91 Å². The highest BCUT2D eigenvalue weighted by atomic mass is 32.2. The molecule has 16 heavy (non-hydrogen) atoms. The molecule has 1 heterocycles. The molecule has 1 fully saturated rings. The van der Waals surface area contributed by atoms with E-state index in [9.17, 15) is 9.59 Å². The molecular formula is C10H17NO4S. The van der Waals surface area contributed by atoms with Gasteiger partial charge in [0.05, 0.1) is 17.6 Å². The molecule has 0 aliphatic carbocycles. The van der Waals surface area contributed by atoms with Gasteiger partial charge in [-0.15, -0.1) is 11.8 Å². The van der Waals surface area contributed by atoms with Gasteiger partial charge in [-0.2, -0.15) is 0 Å². The van der Waals surface area contributed by atoms with Crippen molar-refractivity contribution in [3.05, 3.63) is 0 Å². The van der Waals surface area contributed by atoms with Gasteiger partial charge in [0, 0.05) is 12.6 Å². The van der Waals surface area contributed by atoms with Crippen molar-refractivity contribution in [2.45, 2.75) is 31.9 Å². The van der Waals surface area contributed by atoms with Crippen LogP contribution in [-0.4, -0.2) is 47.2 Å². The number of thioether (sulfide) groups is 1. The number of ether oxygens (including phenoxy) is 1. The lowest BCUT2D eigenvalue weighted by molar-refractivity contribution is -0.133. The van der Waals surface area contributed by atoms with E-state index in [1.807, 2.05) is 6.92 Å². The lowest BCUT2D eigenvalue weighted by Crippen LogP contribution is -2.42. The van der Waals surface area contributed by atoms with E-state index in [1.165, 1.54) is 0 Å². The Bertz CT molecular complexity index is 259. The molecular weight excluding hydrogens is 230 g/mol. The number of carbonyl (C=O) groups excluding carboxylic acids is 1. The molecule has 2 N–H and O–H groups in total. The first-order valence-corrected chi connectivity index (χ1v) is 6.44. The van der Waals surface area contributed by atoms with Crippen LogP contribution in [0.15, 0.2) is 0 Å². The van der Waals surface area contributed by atoms with Gasteiger partial charge in [0.25, 0.3) is 0 Å². The minimum atomic E-state index is -0.891. The molecule has 1 rings (SSSR count). The number of nitrogens with one attached hydrogen (secondary N) is 1. The van der Waals surface area contributed by atoms with Crippen LogP contribution in [-0.2, 0) is 14.3 Å². The van der Waals surface area contributed by atoms with Crippen molar-refractivity contribution in [1.29, 1.82) is 0 Å². The zero-order chi connectivity index (χ0) is 12.0. The Kier molecular flexibility index (Phi) is 5.62. The van der Waals surface area contributed by atoms with Crippen LogP contribution in [0.4, 0.5) is 0 Å². The molecule has 0 radical (unpaired) electrons. The predicted molar refractivity (Wildman–Crippen MR) is 61.5 cm³/mol. The summed E-state index contributed by atoms with van der Waals surface area (Å²) in [5.74, 6) is -0.807. The molecule has 1 saturated heterocycles. The summed E-state index contributed by atoms with van der Waals surface area (Å²) in [4.78, 5) is 21.7. The van der Waals surface area contributed by atoms with E-state index in [2.05, 4.69) is 5.32 Å². The van der Waals surface area contributed by atoms with E-state index in [4.69, 9.17) is 9.84 Å². The molecule has 2 atom stereocenters. The summed E-state index contributed by atoms with van der Waals surface area (Å²) in [6.07, 6.45) is 1.85. The summed E-state index contributed by atoms with van der Waals surface area (Å²) >= 11 is 1.12. The van der Waals surface area contributed by atoms with Crippen LogP contribution in [0, 0.1) is 0 Å². The lowest BCUT2D eigenvalue weighted by atomic mass is 10.0. The van der Waals surface area contributed by atoms with E-state index in [-0.39, 0.29) is 29.6 Å². The summed E-state index contributed by atoms with van der Waals surface area (Å²) in [6, 6.07) is 0.168. The standard InChI is InChI=1S/C10H17NO4S/c1-7-4-8(2-3-15-7)11-9(12)5-16-6-10(13)14/h7-8H,2-6H2,1H3,(H,11,12)(H,13,14). The normalized spacial score (nSPS) is 25.1. The molecule has 0 aromatic heterocycles. The monoisotopic (exact) mass is 247 g/mol. The van der Waals surface area contributed by atoms with E-state index in [0.29, 0.717) is 6.61 Å². The molecule has 2 unspecified atom stereocenters. The van der Waals surface area contributed by atoms with Crippen molar-refractivity contribution in [2.75, 3.05) is 18.1 Å². The van der Waals surface area contributed by atoms with Crippen molar-refractivity contribution < 1.29 is 19.4 Å². The zero-order valence-corrected chi connectivity index (χ0v) is 10.1. The second-order valence-electron chi connectivity index (χ2n) is 3.86. The first-order valence-electron chi connectivity index (χ1n) is 5.28. The molecule has 5 nitrogen and oxygen atoms in total. The molecule has 0 saturated carbocycles. The van der Waals surface area contributed by atoms with E-state index >= 15 is 0 Å². The largest absolute Gasteiger partial charge is 0.481 e. The number of amides is 1. The number of carboxylic acid groups (broad SMARTS) is 1. The Labute approximate surface area is 98.9 Å². The number of carboxylic acids is 1. The number of aliphatic carboxylic acids is 1. The summed E-state index contributed by atoms with van der Waals surface area (Å²) in [5.41, 5.74) is 0. The average molecular weight is 247 g/mol. The second kappa shape index (κ2) is 6.75. The Hall–Kier alpha value is -0.750. The Morgan fingerprint density at radius 3 is 2.88 bits per heavy atom. The minimum absolute atomic E-state index is 0.0302. The smallest absolute Gasteiger partial charge is 0.313 e. The van der Waals surface area contributed by atoms with Crippen molar-refractivity contribution in [3.8, 4) is 0 Å². The maximum absolute atomic E-state index is 11.4. The Morgan fingerprint density at radius 1 is 1.50 bits per heavy atom. The van der Waals surface area contributed by atoms with Crippen LogP contribution in [0.3, 0.4) is 0 Å². The average Bonchev–Trinajstić information content (AvgIpc) is 2.16. The van der Waals surface area contributed by atoms with Gasteiger partial charge in [-0.25, -0.2) is 0 Å². The third kappa shape index (κ3) is 5.37. The van der Waals surface area contributed by atoms with E-state index < -0.39 is 5.97 Å². The van der Waals surface area contributed by atoms with Gasteiger partial charge >= 0.3 is 5.97 Å². The quantitative estimate of drug-likeness (QED) is 0.739. The maximum Gasteiger partial charge on any atom is 0.313 e. The summed E-state index contributed by atoms with van der Waals surface area (Å²) < 4.78 is 5.37. The first kappa shape index (κ1) is 13.3. The van der Waals surface area contributed by atoms with Crippen LogP contribution in [0.5, 0.6) is 0 Å². The third-order valence-corrected chi connectivity index (χ3v) is 3.23. The van der Waals surface area contributed by atoms with Gasteiger partial charge in [-0.1, -0.05) is 0 Å². The fourth-order valence-corrected chi connectivity index (χ4v) is 2.17. The molecule has 0 bridgehead atoms. The van der Waals surface area contributed by atoms with Crippen LogP contribution < -0.4 is 5.32 Å². The Balaban J connectivity index is 2.15. The van der Waals surface area contributed by atoms with E-state index in [0.717, 1.165) is 24.6 Å². The minimum Gasteiger partial charge on any atom is -0.481 e. The molecule has 0 aromatic rings. The number of hydrogen-bond acceptors (Lipinski definition) is 4. The molecule has 0 aromatic carbocycles. The summed E-state index contributed by atoms with van der Waals surface area (Å²) in [7, 11) is 0. The topological polar surface area (TPSA) is 75.6 Å². The lowest BCUT2D eigenvalue weighted by Gasteiger charge is -2.27. The fraction of sp³-hybridized carbons (Fsp3) is 0.800. The van der Waals surface area contributed by atoms with Crippen molar-refractivity contribution in [3.63, 3.8) is 0 Å². The summed E-state index contributed by atoms with van der Waals surface area (Å²) in [6.45, 7) is 2.66. The fourth-order valence-electron chi connectivity index (χ4n) is 1.63. The summed E-state index contributed by atoms with van der Waals surface area (Å²) in [5, 5.41) is 11.3. The SMILES string of the molecule is CC1CC(NC(=O)CSCC(=O)O)CCO1. The van der Waals surface area contributed by atoms with Crippen molar-refractivity contribution in [1.82, 2.24) is 5.32 Å². The zero-order valence-electron chi connectivity index (χ0n) is 9.27. The highest BCUT2D eigenvalue weighted by molar-refractivity contribution is 8.00. The first-order chi connectivity index (χ1) is 7.58. The van der Waals surface area contributed by atoms with Gasteiger partial charge in [0.15, 0.2) is 0 Å². The number of carbonyl (C=O) groups is 2. The molecule has 6 heteroatoms. The molecule has 1 amide bonds. The molecule has 1 aliphatic rings. The molecule has 0 spiro atoms. The van der Waals surface area contributed by atoms with Crippen LogP contribution in [0.25, 0.3) is 0 Å². The molecule has 92 valence electrons. The van der Waals surface area contributed by atoms with Crippen LogP contribution >= 0.6 is 11.8 Å². The maximum atomic E-state index is 11.4. The molecule has 1 aliphatic heterocycles. The van der Waals surface area contributed by atoms with Gasteiger partial charge < -0.3 is 15.2 Å². The number of rotatable bonds is 5. The van der Waals surface area contributed by atoms with Gasteiger partial charge in [-0.05, 0) is 19.8 Å². The van der Waals surface area contributed by atoms with Crippen LogP contribution in [0.1, 0.15) is 19.8 Å².